The van der Waals surface area contributed by atoms with Gasteiger partial charge in [0, 0.05) is 36.5 Å². The van der Waals surface area contributed by atoms with Gasteiger partial charge in [-0.2, -0.15) is 0 Å². The first-order chi connectivity index (χ1) is 19.4. The van der Waals surface area contributed by atoms with Crippen LogP contribution >= 0.6 is 0 Å². The van der Waals surface area contributed by atoms with Crippen molar-refractivity contribution in [2.75, 3.05) is 13.1 Å². The van der Waals surface area contributed by atoms with Crippen molar-refractivity contribution in [3.63, 3.8) is 0 Å². The summed E-state index contributed by atoms with van der Waals surface area (Å²) in [7, 11) is 0. The van der Waals surface area contributed by atoms with Crippen molar-refractivity contribution in [3.05, 3.63) is 71.9 Å². The fraction of sp³-hybridized carbons (Fsp3) is 0.400. The van der Waals surface area contributed by atoms with Crippen LogP contribution < -0.4 is 16.0 Å². The van der Waals surface area contributed by atoms with Gasteiger partial charge in [0.15, 0.2) is 0 Å². The normalized spacial score (nSPS) is 20.2. The van der Waals surface area contributed by atoms with Gasteiger partial charge in [-0.3, -0.25) is 14.4 Å². The number of aromatic nitrogens is 1. The average Bonchev–Trinajstić information content (AvgIpc) is 3.74. The molecule has 2 aromatic carbocycles. The third-order valence-corrected chi connectivity index (χ3v) is 7.83. The van der Waals surface area contributed by atoms with Gasteiger partial charge in [0.25, 0.3) is 0 Å². The molecule has 3 aromatic rings. The third kappa shape index (κ3) is 6.17. The molecule has 2 fully saturated rings. The van der Waals surface area contributed by atoms with E-state index >= 15 is 0 Å². The summed E-state index contributed by atoms with van der Waals surface area (Å²) in [5, 5.41) is 19.6. The molecule has 5 rings (SSSR count). The quantitative estimate of drug-likeness (QED) is 0.263. The van der Waals surface area contributed by atoms with Crippen LogP contribution in [0.15, 0.2) is 60.8 Å². The van der Waals surface area contributed by atoms with Crippen molar-refractivity contribution in [2.24, 2.45) is 0 Å². The second-order valence-electron chi connectivity index (χ2n) is 10.6. The molecule has 40 heavy (non-hydrogen) atoms. The molecule has 0 bridgehead atoms. The van der Waals surface area contributed by atoms with Crippen molar-refractivity contribution in [1.29, 1.82) is 0 Å². The molecule has 5 N–H and O–H groups in total. The Morgan fingerprint density at radius 2 is 1.65 bits per heavy atom. The number of nitrogens with zero attached hydrogens (tertiary/aromatic N) is 1. The summed E-state index contributed by atoms with van der Waals surface area (Å²) in [5.41, 5.74) is 2.57. The van der Waals surface area contributed by atoms with Gasteiger partial charge in [-0.25, -0.2) is 4.79 Å². The Morgan fingerprint density at radius 1 is 0.900 bits per heavy atom. The second-order valence-corrected chi connectivity index (χ2v) is 10.6. The zero-order valence-electron chi connectivity index (χ0n) is 22.3. The fourth-order valence-electron chi connectivity index (χ4n) is 5.72. The van der Waals surface area contributed by atoms with Gasteiger partial charge < -0.3 is 30.9 Å². The number of carboxylic acids is 1. The van der Waals surface area contributed by atoms with Crippen molar-refractivity contribution in [2.45, 2.75) is 62.7 Å². The van der Waals surface area contributed by atoms with E-state index in [1.807, 2.05) is 54.6 Å². The number of rotatable bonds is 10. The van der Waals surface area contributed by atoms with E-state index in [1.54, 1.807) is 6.20 Å². The lowest BCUT2D eigenvalue weighted by molar-refractivity contribution is -0.144. The molecule has 1 aromatic heterocycles. The number of amides is 3. The van der Waals surface area contributed by atoms with Crippen molar-refractivity contribution in [3.8, 4) is 0 Å². The molecule has 0 aliphatic carbocycles. The summed E-state index contributed by atoms with van der Waals surface area (Å²) in [5.74, 6) is -2.21. The summed E-state index contributed by atoms with van der Waals surface area (Å²) >= 11 is 0. The maximum absolute atomic E-state index is 13.8. The first kappa shape index (κ1) is 27.4. The molecule has 3 amide bonds. The van der Waals surface area contributed by atoms with Gasteiger partial charge >= 0.3 is 5.97 Å². The summed E-state index contributed by atoms with van der Waals surface area (Å²) in [6, 6.07) is 13.9. The highest BCUT2D eigenvalue weighted by Crippen LogP contribution is 2.22. The molecule has 0 saturated carbocycles. The van der Waals surface area contributed by atoms with E-state index in [9.17, 15) is 24.3 Å². The Hall–Kier alpha value is -4.18. The monoisotopic (exact) mass is 545 g/mol. The van der Waals surface area contributed by atoms with E-state index < -0.39 is 30.0 Å². The van der Waals surface area contributed by atoms with Gasteiger partial charge in [-0.05, 0) is 49.4 Å². The third-order valence-electron chi connectivity index (χ3n) is 7.83. The summed E-state index contributed by atoms with van der Waals surface area (Å²) < 4.78 is 0. The zero-order valence-corrected chi connectivity index (χ0v) is 22.3. The maximum atomic E-state index is 13.8. The van der Waals surface area contributed by atoms with Crippen LogP contribution in [0.4, 0.5) is 0 Å². The molecule has 10 heteroatoms. The molecule has 0 spiro atoms. The number of likely N-dealkylation sites (tertiary alicyclic amines) is 1. The topological polar surface area (TPSA) is 144 Å². The molecule has 0 radical (unpaired) electrons. The number of aromatic amines is 1. The zero-order chi connectivity index (χ0) is 28.1. The summed E-state index contributed by atoms with van der Waals surface area (Å²) in [6.07, 6.45) is 4.79. The minimum atomic E-state index is -1.16. The molecule has 10 nitrogen and oxygen atoms in total. The number of hydrogen-bond acceptors (Lipinski definition) is 5. The van der Waals surface area contributed by atoms with E-state index in [0.717, 1.165) is 35.0 Å². The fourth-order valence-corrected chi connectivity index (χ4v) is 5.72. The van der Waals surface area contributed by atoms with Crippen molar-refractivity contribution < 1.29 is 24.3 Å². The number of fused-ring (bicyclic) bond motifs is 1. The van der Waals surface area contributed by atoms with Gasteiger partial charge in [0.1, 0.15) is 18.1 Å². The minimum absolute atomic E-state index is 0.104. The number of carboxylic acid groups (broad SMARTS) is 1. The number of para-hydroxylation sites is 1. The molecule has 3 heterocycles. The minimum Gasteiger partial charge on any atom is -0.480 e. The van der Waals surface area contributed by atoms with Gasteiger partial charge in [0.2, 0.25) is 17.7 Å². The lowest BCUT2D eigenvalue weighted by atomic mass is 10.0. The highest BCUT2D eigenvalue weighted by molar-refractivity contribution is 5.95. The van der Waals surface area contributed by atoms with Crippen LogP contribution in [0.3, 0.4) is 0 Å². The van der Waals surface area contributed by atoms with Crippen LogP contribution in [0, 0.1) is 0 Å². The number of benzene rings is 2. The SMILES string of the molecule is O=C(O)C(Cc1c[nH]c2ccccc12)NC(=O)C1CCCN1C(=O)C(Cc1ccccc1)NC(=O)C1CCCN1. The molecule has 210 valence electrons. The van der Waals surface area contributed by atoms with Crippen LogP contribution in [0.1, 0.15) is 36.8 Å². The van der Waals surface area contributed by atoms with Crippen LogP contribution in [0.5, 0.6) is 0 Å². The molecule has 2 saturated heterocycles. The molecule has 4 atom stereocenters. The predicted molar refractivity (Wildman–Crippen MR) is 149 cm³/mol. The van der Waals surface area contributed by atoms with Crippen LogP contribution in [-0.4, -0.2) is 75.9 Å². The number of carbonyl (C=O) groups excluding carboxylic acids is 3. The van der Waals surface area contributed by atoms with E-state index in [1.165, 1.54) is 4.90 Å². The first-order valence-corrected chi connectivity index (χ1v) is 13.9. The van der Waals surface area contributed by atoms with Crippen LogP contribution in [-0.2, 0) is 32.0 Å². The standard InChI is InChI=1S/C30H35N5O5/c36-27(23-12-6-14-31-23)33-24(16-19-8-2-1-3-9-19)29(38)35-15-7-13-26(35)28(37)34-25(30(39)40)17-20-18-32-22-11-5-4-10-21(20)22/h1-5,8-11,18,23-26,31-32H,6-7,12-17H2,(H,33,36)(H,34,37)(H,39,40). The van der Waals surface area contributed by atoms with E-state index in [-0.39, 0.29) is 24.3 Å². The van der Waals surface area contributed by atoms with E-state index in [0.29, 0.717) is 32.2 Å². The second kappa shape index (κ2) is 12.3. The lowest BCUT2D eigenvalue weighted by Crippen LogP contribution is -2.57. The van der Waals surface area contributed by atoms with E-state index in [2.05, 4.69) is 20.9 Å². The van der Waals surface area contributed by atoms with Gasteiger partial charge in [-0.15, -0.1) is 0 Å². The average molecular weight is 546 g/mol. The van der Waals surface area contributed by atoms with Crippen LogP contribution in [0.25, 0.3) is 10.9 Å². The Morgan fingerprint density at radius 3 is 2.40 bits per heavy atom. The highest BCUT2D eigenvalue weighted by atomic mass is 16.4. The number of carbonyl (C=O) groups is 4. The predicted octanol–water partition coefficient (Wildman–Crippen LogP) is 1.75. The Kier molecular flexibility index (Phi) is 8.45. The number of nitrogens with one attached hydrogen (secondary N) is 4. The van der Waals surface area contributed by atoms with E-state index in [4.69, 9.17) is 0 Å². The van der Waals surface area contributed by atoms with Gasteiger partial charge in [-0.1, -0.05) is 48.5 Å². The molecule has 2 aliphatic heterocycles. The Labute approximate surface area is 232 Å². The smallest absolute Gasteiger partial charge is 0.326 e. The summed E-state index contributed by atoms with van der Waals surface area (Å²) in [4.78, 5) is 56.9. The highest BCUT2D eigenvalue weighted by Gasteiger charge is 2.39. The van der Waals surface area contributed by atoms with Gasteiger partial charge in [0.05, 0.1) is 6.04 Å². The number of H-pyrrole nitrogens is 1. The van der Waals surface area contributed by atoms with Crippen molar-refractivity contribution in [1.82, 2.24) is 25.8 Å². The lowest BCUT2D eigenvalue weighted by Gasteiger charge is -2.30. The molecule has 4 unspecified atom stereocenters. The Bertz CT molecular complexity index is 1370. The molecule has 2 aliphatic rings. The number of hydrogen-bond donors (Lipinski definition) is 5. The van der Waals surface area contributed by atoms with Crippen molar-refractivity contribution >= 4 is 34.6 Å². The number of aliphatic carboxylic acids is 1. The van der Waals surface area contributed by atoms with Crippen LogP contribution in [0.2, 0.25) is 0 Å². The summed E-state index contributed by atoms with van der Waals surface area (Å²) in [6.45, 7) is 1.12. The maximum Gasteiger partial charge on any atom is 0.326 e. The largest absolute Gasteiger partial charge is 0.480 e. The molecular formula is C30H35N5O5. The first-order valence-electron chi connectivity index (χ1n) is 13.9. The Balaban J connectivity index is 1.30. The molecular weight excluding hydrogens is 510 g/mol.